The first-order chi connectivity index (χ1) is 15.5. The predicted molar refractivity (Wildman–Crippen MR) is 124 cm³/mol. The Morgan fingerprint density at radius 2 is 1.94 bits per heavy atom. The van der Waals surface area contributed by atoms with Crippen molar-refractivity contribution in [1.29, 1.82) is 0 Å². The average Bonchev–Trinajstić information content (AvgIpc) is 3.27. The largest absolute Gasteiger partial charge is 0.467 e. The molecule has 2 aromatic heterocycles. The number of benzene rings is 2. The number of H-pyrrole nitrogens is 1. The Kier molecular flexibility index (Phi) is 5.10. The molecule has 0 saturated carbocycles. The summed E-state index contributed by atoms with van der Waals surface area (Å²) in [5, 5.41) is 15.2. The highest BCUT2D eigenvalue weighted by molar-refractivity contribution is 6.15. The van der Waals surface area contributed by atoms with Gasteiger partial charge in [-0.15, -0.1) is 0 Å². The molecule has 0 spiro atoms. The third-order valence-corrected chi connectivity index (χ3v) is 5.76. The van der Waals surface area contributed by atoms with Gasteiger partial charge in [0.25, 0.3) is 5.91 Å². The second-order valence-electron chi connectivity index (χ2n) is 8.22. The Hall–Kier alpha value is -3.72. The van der Waals surface area contributed by atoms with E-state index in [1.807, 2.05) is 30.3 Å². The molecule has 2 aromatic carbocycles. The minimum Gasteiger partial charge on any atom is -0.467 e. The summed E-state index contributed by atoms with van der Waals surface area (Å²) in [6.07, 6.45) is 3.44. The number of fused-ring (bicyclic) bond motifs is 2. The highest BCUT2D eigenvalue weighted by Gasteiger charge is 2.24. The van der Waals surface area contributed by atoms with Crippen LogP contribution in [0.25, 0.3) is 21.8 Å². The van der Waals surface area contributed by atoms with Crippen LogP contribution in [0.1, 0.15) is 24.2 Å². The van der Waals surface area contributed by atoms with E-state index in [1.165, 1.54) is 7.11 Å². The third-order valence-electron chi connectivity index (χ3n) is 5.76. The van der Waals surface area contributed by atoms with Gasteiger partial charge in [-0.05, 0) is 38.1 Å². The molecule has 1 fully saturated rings. The van der Waals surface area contributed by atoms with Crippen molar-refractivity contribution in [2.75, 3.05) is 30.4 Å². The molecule has 0 bridgehead atoms. The van der Waals surface area contributed by atoms with Gasteiger partial charge in [-0.1, -0.05) is 6.07 Å². The highest BCUT2D eigenvalue weighted by Crippen LogP contribution is 2.31. The number of rotatable bonds is 4. The third kappa shape index (κ3) is 3.60. The van der Waals surface area contributed by atoms with Gasteiger partial charge in [0.2, 0.25) is 0 Å². The number of anilines is 2. The van der Waals surface area contributed by atoms with E-state index in [-0.39, 0.29) is 11.9 Å². The van der Waals surface area contributed by atoms with Crippen molar-refractivity contribution in [3.05, 3.63) is 48.3 Å². The number of carbonyl (C=O) groups excluding carboxylic acids is 1. The molecular formula is C23H25N7O2. The number of aromatic nitrogens is 4. The molecule has 5 rings (SSSR count). The number of carbonyl (C=O) groups is 1. The van der Waals surface area contributed by atoms with Crippen molar-refractivity contribution >= 4 is 39.1 Å². The minimum absolute atomic E-state index is 0.225. The SMILES string of the molecule is COc1ncc2c(N3C[C@@H](C)N[C@@H](C)C3)ccc(C(=O)Nc3cccc4[nH]ncc34)c2n1. The summed E-state index contributed by atoms with van der Waals surface area (Å²) in [4.78, 5) is 24.5. The van der Waals surface area contributed by atoms with Crippen LogP contribution in [0, 0.1) is 0 Å². The zero-order valence-corrected chi connectivity index (χ0v) is 18.2. The number of hydrogen-bond donors (Lipinski definition) is 3. The van der Waals surface area contributed by atoms with Crippen LogP contribution in [0.5, 0.6) is 6.01 Å². The zero-order valence-electron chi connectivity index (χ0n) is 18.2. The van der Waals surface area contributed by atoms with Crippen LogP contribution < -0.4 is 20.3 Å². The summed E-state index contributed by atoms with van der Waals surface area (Å²) >= 11 is 0. The first kappa shape index (κ1) is 20.2. The lowest BCUT2D eigenvalue weighted by Gasteiger charge is -2.38. The van der Waals surface area contributed by atoms with Crippen molar-refractivity contribution < 1.29 is 9.53 Å². The second-order valence-corrected chi connectivity index (χ2v) is 8.22. The fourth-order valence-electron chi connectivity index (χ4n) is 4.44. The van der Waals surface area contributed by atoms with E-state index in [0.717, 1.165) is 35.1 Å². The zero-order chi connectivity index (χ0) is 22.2. The molecule has 32 heavy (non-hydrogen) atoms. The number of piperazine rings is 1. The van der Waals surface area contributed by atoms with Gasteiger partial charge in [0.15, 0.2) is 0 Å². The summed E-state index contributed by atoms with van der Waals surface area (Å²) in [5.74, 6) is -0.252. The monoisotopic (exact) mass is 431 g/mol. The molecule has 9 heteroatoms. The molecule has 1 amide bonds. The van der Waals surface area contributed by atoms with Crippen LogP contribution in [-0.4, -0.2) is 58.4 Å². The number of amides is 1. The number of nitrogens with zero attached hydrogens (tertiary/aromatic N) is 4. The fraction of sp³-hybridized carbons (Fsp3) is 0.304. The average molecular weight is 432 g/mol. The molecule has 4 aromatic rings. The van der Waals surface area contributed by atoms with Crippen molar-refractivity contribution in [2.45, 2.75) is 25.9 Å². The molecule has 0 aliphatic carbocycles. The van der Waals surface area contributed by atoms with Crippen LogP contribution in [0.4, 0.5) is 11.4 Å². The number of methoxy groups -OCH3 is 1. The van der Waals surface area contributed by atoms with Gasteiger partial charge in [0, 0.05) is 47.8 Å². The summed E-state index contributed by atoms with van der Waals surface area (Å²) in [5.41, 5.74) is 3.57. The van der Waals surface area contributed by atoms with Crippen molar-refractivity contribution in [3.63, 3.8) is 0 Å². The number of hydrogen-bond acceptors (Lipinski definition) is 7. The number of aromatic amines is 1. The highest BCUT2D eigenvalue weighted by atomic mass is 16.5. The van der Waals surface area contributed by atoms with Gasteiger partial charge in [0.1, 0.15) is 0 Å². The van der Waals surface area contributed by atoms with Crippen molar-refractivity contribution in [2.24, 2.45) is 0 Å². The normalized spacial score (nSPS) is 18.8. The molecular weight excluding hydrogens is 406 g/mol. The van der Waals surface area contributed by atoms with E-state index >= 15 is 0 Å². The van der Waals surface area contributed by atoms with Crippen molar-refractivity contribution in [3.8, 4) is 6.01 Å². The maximum Gasteiger partial charge on any atom is 0.316 e. The quantitative estimate of drug-likeness (QED) is 0.456. The van der Waals surface area contributed by atoms with Crippen LogP contribution in [-0.2, 0) is 0 Å². The molecule has 1 aliphatic heterocycles. The molecule has 3 heterocycles. The van der Waals surface area contributed by atoms with Gasteiger partial charge >= 0.3 is 6.01 Å². The standard InChI is InChI=1S/C23H25N7O2/c1-13-11-30(12-14(2)26-13)20-8-7-15(21-17(20)9-24-23(28-21)32-3)22(31)27-18-5-4-6-19-16(18)10-25-29-19/h4-10,13-14,26H,11-12H2,1-3H3,(H,25,29)(H,27,31)/t13-,14+. The molecule has 9 nitrogen and oxygen atoms in total. The first-order valence-electron chi connectivity index (χ1n) is 10.6. The Morgan fingerprint density at radius 3 is 2.72 bits per heavy atom. The Bertz CT molecular complexity index is 1290. The number of nitrogens with one attached hydrogen (secondary N) is 3. The molecule has 1 aliphatic rings. The summed E-state index contributed by atoms with van der Waals surface area (Å²) in [6, 6.07) is 10.4. The smallest absolute Gasteiger partial charge is 0.316 e. The lowest BCUT2D eigenvalue weighted by molar-refractivity contribution is 0.102. The van der Waals surface area contributed by atoms with Gasteiger partial charge < -0.3 is 20.3 Å². The predicted octanol–water partition coefficient (Wildman–Crippen LogP) is 2.95. The first-order valence-corrected chi connectivity index (χ1v) is 10.6. The molecule has 1 saturated heterocycles. The second kappa shape index (κ2) is 8.08. The van der Waals surface area contributed by atoms with Gasteiger partial charge in [0.05, 0.1) is 35.6 Å². The lowest BCUT2D eigenvalue weighted by atomic mass is 10.0. The van der Waals surface area contributed by atoms with E-state index < -0.39 is 0 Å². The van der Waals surface area contributed by atoms with Crippen molar-refractivity contribution in [1.82, 2.24) is 25.5 Å². The molecule has 0 radical (unpaired) electrons. The molecule has 0 unspecified atom stereocenters. The van der Waals surface area contributed by atoms with Crippen LogP contribution >= 0.6 is 0 Å². The Labute approximate surface area is 185 Å². The molecule has 164 valence electrons. The fourth-order valence-corrected chi connectivity index (χ4v) is 4.44. The summed E-state index contributed by atoms with van der Waals surface area (Å²) in [7, 11) is 1.52. The molecule has 3 N–H and O–H groups in total. The van der Waals surface area contributed by atoms with Crippen LogP contribution in [0.3, 0.4) is 0 Å². The molecule has 2 atom stereocenters. The Balaban J connectivity index is 1.57. The maximum absolute atomic E-state index is 13.3. The van der Waals surface area contributed by atoms with Gasteiger partial charge in [-0.3, -0.25) is 9.89 Å². The van der Waals surface area contributed by atoms with E-state index in [1.54, 1.807) is 12.4 Å². The summed E-state index contributed by atoms with van der Waals surface area (Å²) in [6.45, 7) is 6.06. The summed E-state index contributed by atoms with van der Waals surface area (Å²) < 4.78 is 5.25. The lowest BCUT2D eigenvalue weighted by Crippen LogP contribution is -2.54. The minimum atomic E-state index is -0.252. The maximum atomic E-state index is 13.3. The van der Waals surface area contributed by atoms with Gasteiger partial charge in [-0.25, -0.2) is 4.98 Å². The van der Waals surface area contributed by atoms with Crippen LogP contribution in [0.2, 0.25) is 0 Å². The van der Waals surface area contributed by atoms with Crippen LogP contribution in [0.15, 0.2) is 42.7 Å². The van der Waals surface area contributed by atoms with E-state index in [0.29, 0.717) is 28.9 Å². The van der Waals surface area contributed by atoms with E-state index in [4.69, 9.17) is 4.74 Å². The van der Waals surface area contributed by atoms with Gasteiger partial charge in [-0.2, -0.15) is 10.1 Å². The van der Waals surface area contributed by atoms with E-state index in [2.05, 4.69) is 49.5 Å². The number of ether oxygens (including phenoxy) is 1. The van der Waals surface area contributed by atoms with E-state index in [9.17, 15) is 4.79 Å². The Morgan fingerprint density at radius 1 is 1.12 bits per heavy atom. The topological polar surface area (TPSA) is 108 Å².